The van der Waals surface area contributed by atoms with Gasteiger partial charge in [-0.05, 0) is 24.1 Å². The monoisotopic (exact) mass is 329 g/mol. The second-order valence-electron chi connectivity index (χ2n) is 7.40. The number of methoxy groups -OCH3 is 1. The van der Waals surface area contributed by atoms with E-state index in [1.54, 1.807) is 19.2 Å². The van der Waals surface area contributed by atoms with Crippen LogP contribution >= 0.6 is 0 Å². The van der Waals surface area contributed by atoms with Crippen molar-refractivity contribution in [2.45, 2.75) is 51.2 Å². The normalized spacial score (nSPS) is 20.0. The number of aromatic nitrogens is 2. The first kappa shape index (κ1) is 16.8. The number of nitrogens with zero attached hydrogens (tertiary/aromatic N) is 2. The molecule has 24 heavy (non-hydrogen) atoms. The number of benzene rings is 1. The standard InChI is InChI=1S/C19H24FN3O/c1-19(2,3)18-21-14(11-24-4)9-17(23-18)22-16-10-15(16)12-6-5-7-13(20)8-12/h5-9,15-16H,10-11H2,1-4H3,(H,21,22,23)/t15-,16+/m0/s1. The first-order valence-electron chi connectivity index (χ1n) is 8.26. The Morgan fingerprint density at radius 1 is 1.25 bits per heavy atom. The molecule has 2 aromatic rings. The van der Waals surface area contributed by atoms with E-state index in [2.05, 4.69) is 36.1 Å². The molecule has 1 heterocycles. The Morgan fingerprint density at radius 2 is 2.04 bits per heavy atom. The van der Waals surface area contributed by atoms with Gasteiger partial charge in [-0.15, -0.1) is 0 Å². The fourth-order valence-corrected chi connectivity index (χ4v) is 2.78. The van der Waals surface area contributed by atoms with E-state index in [0.29, 0.717) is 12.5 Å². The smallest absolute Gasteiger partial charge is 0.136 e. The topological polar surface area (TPSA) is 47.0 Å². The molecular formula is C19H24FN3O. The molecule has 0 radical (unpaired) electrons. The van der Waals surface area contributed by atoms with Crippen LogP contribution in [0.1, 0.15) is 50.2 Å². The second-order valence-corrected chi connectivity index (χ2v) is 7.40. The third-order valence-corrected chi connectivity index (χ3v) is 4.14. The maximum atomic E-state index is 13.4. The molecule has 1 aliphatic rings. The van der Waals surface area contributed by atoms with Gasteiger partial charge in [-0.3, -0.25) is 0 Å². The summed E-state index contributed by atoms with van der Waals surface area (Å²) in [5.41, 5.74) is 1.77. The Kier molecular flexibility index (Phi) is 4.54. The number of hydrogen-bond acceptors (Lipinski definition) is 4. The SMILES string of the molecule is COCc1cc(N[C@@H]2C[C@H]2c2cccc(F)c2)nc(C(C)(C)C)n1. The van der Waals surface area contributed by atoms with Crippen molar-refractivity contribution >= 4 is 5.82 Å². The van der Waals surface area contributed by atoms with Crippen molar-refractivity contribution in [3.05, 3.63) is 53.2 Å². The van der Waals surface area contributed by atoms with Gasteiger partial charge in [0.25, 0.3) is 0 Å². The molecule has 5 heteroatoms. The highest BCUT2D eigenvalue weighted by Gasteiger charge is 2.39. The Morgan fingerprint density at radius 3 is 2.71 bits per heavy atom. The van der Waals surface area contributed by atoms with Crippen LogP contribution in [0.3, 0.4) is 0 Å². The van der Waals surface area contributed by atoms with E-state index in [4.69, 9.17) is 4.74 Å². The van der Waals surface area contributed by atoms with Gasteiger partial charge in [0, 0.05) is 30.6 Å². The Balaban J connectivity index is 1.77. The Hall–Kier alpha value is -2.01. The molecular weight excluding hydrogens is 305 g/mol. The summed E-state index contributed by atoms with van der Waals surface area (Å²) in [7, 11) is 1.66. The number of nitrogens with one attached hydrogen (secondary N) is 1. The third kappa shape index (κ3) is 3.90. The molecule has 1 N–H and O–H groups in total. The van der Waals surface area contributed by atoms with Crippen molar-refractivity contribution in [2.75, 3.05) is 12.4 Å². The highest BCUT2D eigenvalue weighted by atomic mass is 19.1. The van der Waals surface area contributed by atoms with Crippen LogP contribution in [0.5, 0.6) is 0 Å². The van der Waals surface area contributed by atoms with Crippen LogP contribution in [0, 0.1) is 5.82 Å². The van der Waals surface area contributed by atoms with Gasteiger partial charge in [0.05, 0.1) is 12.3 Å². The maximum absolute atomic E-state index is 13.4. The van der Waals surface area contributed by atoms with Gasteiger partial charge in [-0.1, -0.05) is 32.9 Å². The molecule has 0 unspecified atom stereocenters. The van der Waals surface area contributed by atoms with Crippen LogP contribution in [0.15, 0.2) is 30.3 Å². The summed E-state index contributed by atoms with van der Waals surface area (Å²) < 4.78 is 18.6. The lowest BCUT2D eigenvalue weighted by Gasteiger charge is -2.19. The van der Waals surface area contributed by atoms with E-state index in [9.17, 15) is 4.39 Å². The fraction of sp³-hybridized carbons (Fsp3) is 0.474. The molecule has 4 nitrogen and oxygen atoms in total. The summed E-state index contributed by atoms with van der Waals surface area (Å²) in [6.45, 7) is 6.73. The molecule has 1 aromatic carbocycles. The number of ether oxygens (including phenoxy) is 1. The van der Waals surface area contributed by atoms with Crippen molar-refractivity contribution in [3.8, 4) is 0 Å². The minimum Gasteiger partial charge on any atom is -0.378 e. The summed E-state index contributed by atoms with van der Waals surface area (Å²) in [6.07, 6.45) is 0.984. The number of anilines is 1. The lowest BCUT2D eigenvalue weighted by molar-refractivity contribution is 0.181. The average Bonchev–Trinajstić information content (AvgIpc) is 3.26. The molecule has 128 valence electrons. The van der Waals surface area contributed by atoms with Crippen molar-refractivity contribution in [2.24, 2.45) is 0 Å². The van der Waals surface area contributed by atoms with Crippen LogP contribution in [0.4, 0.5) is 10.2 Å². The van der Waals surface area contributed by atoms with Crippen LogP contribution in [-0.2, 0) is 16.8 Å². The molecule has 3 rings (SSSR count). The summed E-state index contributed by atoms with van der Waals surface area (Å²) >= 11 is 0. The maximum Gasteiger partial charge on any atom is 0.136 e. The van der Waals surface area contributed by atoms with Crippen LogP contribution in [0.25, 0.3) is 0 Å². The number of rotatable bonds is 5. The van der Waals surface area contributed by atoms with Gasteiger partial charge < -0.3 is 10.1 Å². The summed E-state index contributed by atoms with van der Waals surface area (Å²) in [5.74, 6) is 1.76. The van der Waals surface area contributed by atoms with Gasteiger partial charge in [-0.25, -0.2) is 14.4 Å². The highest BCUT2D eigenvalue weighted by Crippen LogP contribution is 2.42. The van der Waals surface area contributed by atoms with E-state index in [0.717, 1.165) is 29.3 Å². The lowest BCUT2D eigenvalue weighted by atomic mass is 9.95. The molecule has 1 aliphatic carbocycles. The zero-order valence-electron chi connectivity index (χ0n) is 14.6. The van der Waals surface area contributed by atoms with E-state index >= 15 is 0 Å². The zero-order chi connectivity index (χ0) is 17.3. The molecule has 0 bridgehead atoms. The number of hydrogen-bond donors (Lipinski definition) is 1. The quantitative estimate of drug-likeness (QED) is 0.900. The van der Waals surface area contributed by atoms with Crippen molar-refractivity contribution in [3.63, 3.8) is 0 Å². The fourth-order valence-electron chi connectivity index (χ4n) is 2.78. The predicted octanol–water partition coefficient (Wildman–Crippen LogP) is 4.03. The molecule has 0 amide bonds. The summed E-state index contributed by atoms with van der Waals surface area (Å²) in [4.78, 5) is 9.25. The first-order chi connectivity index (χ1) is 11.4. The minimum atomic E-state index is -0.183. The first-order valence-corrected chi connectivity index (χ1v) is 8.26. The molecule has 1 aromatic heterocycles. The molecule has 0 aliphatic heterocycles. The van der Waals surface area contributed by atoms with Crippen LogP contribution in [0.2, 0.25) is 0 Å². The van der Waals surface area contributed by atoms with Gasteiger partial charge in [0.1, 0.15) is 17.5 Å². The molecule has 0 spiro atoms. The van der Waals surface area contributed by atoms with E-state index in [1.165, 1.54) is 6.07 Å². The largest absolute Gasteiger partial charge is 0.378 e. The van der Waals surface area contributed by atoms with Crippen molar-refractivity contribution in [1.29, 1.82) is 0 Å². The third-order valence-electron chi connectivity index (χ3n) is 4.14. The van der Waals surface area contributed by atoms with Gasteiger partial charge in [-0.2, -0.15) is 0 Å². The van der Waals surface area contributed by atoms with E-state index < -0.39 is 0 Å². The van der Waals surface area contributed by atoms with Gasteiger partial charge in [0.15, 0.2) is 0 Å². The molecule has 1 fully saturated rings. The van der Waals surface area contributed by atoms with Crippen molar-refractivity contribution < 1.29 is 9.13 Å². The lowest BCUT2D eigenvalue weighted by Crippen LogP contribution is -2.19. The van der Waals surface area contributed by atoms with Crippen LogP contribution in [-0.4, -0.2) is 23.1 Å². The summed E-state index contributed by atoms with van der Waals surface area (Å²) in [6, 6.07) is 9.05. The second kappa shape index (κ2) is 6.48. The van der Waals surface area contributed by atoms with Gasteiger partial charge >= 0.3 is 0 Å². The van der Waals surface area contributed by atoms with Crippen LogP contribution < -0.4 is 5.32 Å². The zero-order valence-corrected chi connectivity index (χ0v) is 14.6. The van der Waals surface area contributed by atoms with Gasteiger partial charge in [0.2, 0.25) is 0 Å². The van der Waals surface area contributed by atoms with E-state index in [1.807, 2.05) is 12.1 Å². The van der Waals surface area contributed by atoms with E-state index in [-0.39, 0.29) is 17.3 Å². The highest BCUT2D eigenvalue weighted by molar-refractivity contribution is 5.43. The van der Waals surface area contributed by atoms with Crippen molar-refractivity contribution in [1.82, 2.24) is 9.97 Å². The Bertz CT molecular complexity index is 727. The molecule has 0 saturated heterocycles. The number of halogens is 1. The molecule has 2 atom stereocenters. The predicted molar refractivity (Wildman–Crippen MR) is 92.6 cm³/mol. The summed E-state index contributed by atoms with van der Waals surface area (Å²) in [5, 5.41) is 3.47. The minimum absolute atomic E-state index is 0.133. The molecule has 1 saturated carbocycles. The average molecular weight is 329 g/mol. The Labute approximate surface area is 142 Å².